The van der Waals surface area contributed by atoms with Gasteiger partial charge in [0.2, 0.25) is 6.79 Å². The number of nitrogens with zero attached hydrogens (tertiary/aromatic N) is 3. The third kappa shape index (κ3) is 3.83. The quantitative estimate of drug-likeness (QED) is 0.612. The molecule has 31 heavy (non-hydrogen) atoms. The summed E-state index contributed by atoms with van der Waals surface area (Å²) in [5.41, 5.74) is 4.70. The normalized spacial score (nSPS) is 14.8. The van der Waals surface area contributed by atoms with Crippen LogP contribution in [0, 0.1) is 0 Å². The summed E-state index contributed by atoms with van der Waals surface area (Å²) in [4.78, 5) is 24.7. The van der Waals surface area contributed by atoms with Crippen LogP contribution < -0.4 is 9.47 Å². The molecule has 0 aliphatic carbocycles. The van der Waals surface area contributed by atoms with Crippen molar-refractivity contribution in [1.82, 2.24) is 14.9 Å². The summed E-state index contributed by atoms with van der Waals surface area (Å²) in [5.74, 6) is 2.10. The molecule has 7 heteroatoms. The summed E-state index contributed by atoms with van der Waals surface area (Å²) in [7, 11) is 0. The predicted octanol–water partition coefficient (Wildman–Crippen LogP) is 4.33. The lowest BCUT2D eigenvalue weighted by Crippen LogP contribution is -2.33. The Labute approximate surface area is 185 Å². The van der Waals surface area contributed by atoms with Crippen molar-refractivity contribution in [3.63, 3.8) is 0 Å². The molecule has 0 unspecified atom stereocenters. The number of benzene rings is 2. The lowest BCUT2D eigenvalue weighted by atomic mass is 10.0. The fraction of sp³-hybridized carbons (Fsp3) is 0.292. The minimum atomic E-state index is -0.0113. The van der Waals surface area contributed by atoms with Crippen molar-refractivity contribution in [1.29, 1.82) is 0 Å². The van der Waals surface area contributed by atoms with E-state index >= 15 is 0 Å². The third-order valence-electron chi connectivity index (χ3n) is 5.73. The number of carbonyl (C=O) groups excluding carboxylic acids is 1. The highest BCUT2D eigenvalue weighted by atomic mass is 35.5. The largest absolute Gasteiger partial charge is 0.454 e. The number of fused-ring (bicyclic) bond motifs is 2. The highest BCUT2D eigenvalue weighted by Crippen LogP contribution is 2.33. The van der Waals surface area contributed by atoms with E-state index in [4.69, 9.17) is 31.0 Å². The molecule has 1 amide bonds. The van der Waals surface area contributed by atoms with Crippen molar-refractivity contribution < 1.29 is 14.3 Å². The van der Waals surface area contributed by atoms with Gasteiger partial charge in [0.25, 0.3) is 5.91 Å². The number of aromatic nitrogens is 2. The molecule has 0 radical (unpaired) electrons. The van der Waals surface area contributed by atoms with Gasteiger partial charge in [-0.25, -0.2) is 9.97 Å². The van der Waals surface area contributed by atoms with Crippen molar-refractivity contribution in [2.45, 2.75) is 26.2 Å². The topological polar surface area (TPSA) is 64.6 Å². The van der Waals surface area contributed by atoms with Gasteiger partial charge in [-0.3, -0.25) is 4.79 Å². The van der Waals surface area contributed by atoms with E-state index in [1.165, 1.54) is 0 Å². The number of aryl methyl sites for hydroxylation is 1. The number of halogens is 1. The number of hydrogen-bond acceptors (Lipinski definition) is 5. The Morgan fingerprint density at radius 2 is 1.81 bits per heavy atom. The second-order valence-corrected chi connectivity index (χ2v) is 8.07. The van der Waals surface area contributed by atoms with Gasteiger partial charge < -0.3 is 14.4 Å². The van der Waals surface area contributed by atoms with Gasteiger partial charge in [-0.05, 0) is 36.8 Å². The maximum atomic E-state index is 13.2. The predicted molar refractivity (Wildman–Crippen MR) is 118 cm³/mol. The summed E-state index contributed by atoms with van der Waals surface area (Å²) >= 11 is 6.08. The fourth-order valence-electron chi connectivity index (χ4n) is 4.07. The zero-order chi connectivity index (χ0) is 21.4. The zero-order valence-electron chi connectivity index (χ0n) is 17.2. The van der Waals surface area contributed by atoms with Crippen LogP contribution >= 0.6 is 11.6 Å². The fourth-order valence-corrected chi connectivity index (χ4v) is 4.20. The average molecular weight is 436 g/mol. The minimum Gasteiger partial charge on any atom is -0.454 e. The molecule has 2 aliphatic rings. The number of rotatable bonds is 3. The van der Waals surface area contributed by atoms with Gasteiger partial charge in [0.05, 0.1) is 5.69 Å². The van der Waals surface area contributed by atoms with Crippen molar-refractivity contribution in [2.75, 3.05) is 19.9 Å². The first-order valence-electron chi connectivity index (χ1n) is 10.5. The van der Waals surface area contributed by atoms with Crippen LogP contribution in [0.3, 0.4) is 0 Å². The molecule has 158 valence electrons. The molecular formula is C24H22ClN3O3. The third-order valence-corrected chi connectivity index (χ3v) is 5.98. The number of hydrogen-bond donors (Lipinski definition) is 0. The average Bonchev–Trinajstić information content (AvgIpc) is 3.16. The van der Waals surface area contributed by atoms with Crippen molar-refractivity contribution in [3.05, 3.63) is 70.1 Å². The lowest BCUT2D eigenvalue weighted by Gasteiger charge is -2.20. The standard InChI is InChI=1S/C24H22ClN3O3/c1-2-22-26-19-10-12-28(24(29)16-5-8-20-21(13-16)31-14-30-20)11-9-18(19)23(27-22)15-3-6-17(25)7-4-15/h3-8,13H,2,9-12,14H2,1H3. The highest BCUT2D eigenvalue weighted by Gasteiger charge is 2.25. The molecule has 0 N–H and O–H groups in total. The van der Waals surface area contributed by atoms with Gasteiger partial charge in [-0.1, -0.05) is 30.7 Å². The van der Waals surface area contributed by atoms with Crippen molar-refractivity contribution in [3.8, 4) is 22.8 Å². The van der Waals surface area contributed by atoms with E-state index < -0.39 is 0 Å². The first kappa shape index (κ1) is 19.8. The molecule has 0 spiro atoms. The van der Waals surface area contributed by atoms with E-state index in [-0.39, 0.29) is 12.7 Å². The maximum absolute atomic E-state index is 13.2. The van der Waals surface area contributed by atoms with E-state index in [1.807, 2.05) is 29.2 Å². The Bertz CT molecular complexity index is 1150. The molecule has 0 atom stereocenters. The second kappa shape index (κ2) is 8.19. The van der Waals surface area contributed by atoms with E-state index in [0.29, 0.717) is 48.0 Å². The number of amides is 1. The van der Waals surface area contributed by atoms with Crippen LogP contribution in [0.1, 0.15) is 34.4 Å². The van der Waals surface area contributed by atoms with Crippen LogP contribution in [0.15, 0.2) is 42.5 Å². The summed E-state index contributed by atoms with van der Waals surface area (Å²) in [5, 5.41) is 0.695. The Morgan fingerprint density at radius 1 is 1.03 bits per heavy atom. The van der Waals surface area contributed by atoms with Crippen LogP contribution in [-0.2, 0) is 19.3 Å². The molecule has 2 aromatic carbocycles. The van der Waals surface area contributed by atoms with Crippen molar-refractivity contribution >= 4 is 17.5 Å². The molecule has 6 nitrogen and oxygen atoms in total. The number of ether oxygens (including phenoxy) is 2. The molecule has 3 aromatic rings. The minimum absolute atomic E-state index is 0.0113. The van der Waals surface area contributed by atoms with Gasteiger partial charge in [0.1, 0.15) is 5.82 Å². The van der Waals surface area contributed by atoms with Gasteiger partial charge in [-0.15, -0.1) is 0 Å². The summed E-state index contributed by atoms with van der Waals surface area (Å²) in [6.45, 7) is 3.47. The smallest absolute Gasteiger partial charge is 0.254 e. The van der Waals surface area contributed by atoms with E-state index in [2.05, 4.69) is 6.92 Å². The first-order valence-corrected chi connectivity index (χ1v) is 10.8. The van der Waals surface area contributed by atoms with Crippen LogP contribution in [0.4, 0.5) is 0 Å². The molecule has 0 saturated carbocycles. The van der Waals surface area contributed by atoms with Gasteiger partial charge in [0, 0.05) is 53.3 Å². The SMILES string of the molecule is CCc1nc2c(c(-c3ccc(Cl)cc3)n1)CCN(C(=O)c1ccc3c(c1)OCO3)CC2. The van der Waals surface area contributed by atoms with Crippen molar-refractivity contribution in [2.24, 2.45) is 0 Å². The highest BCUT2D eigenvalue weighted by molar-refractivity contribution is 6.30. The van der Waals surface area contributed by atoms with E-state index in [1.54, 1.807) is 18.2 Å². The van der Waals surface area contributed by atoms with Crippen LogP contribution in [0.25, 0.3) is 11.3 Å². The zero-order valence-corrected chi connectivity index (χ0v) is 18.0. The molecule has 0 bridgehead atoms. The number of carbonyl (C=O) groups is 1. The lowest BCUT2D eigenvalue weighted by molar-refractivity contribution is 0.0762. The summed E-state index contributed by atoms with van der Waals surface area (Å²) in [6.07, 6.45) is 2.16. The molecule has 0 saturated heterocycles. The Hall–Kier alpha value is -3.12. The van der Waals surface area contributed by atoms with Gasteiger partial charge in [-0.2, -0.15) is 0 Å². The summed E-state index contributed by atoms with van der Waals surface area (Å²) < 4.78 is 10.8. The monoisotopic (exact) mass is 435 g/mol. The second-order valence-electron chi connectivity index (χ2n) is 7.63. The molecule has 1 aromatic heterocycles. The summed E-state index contributed by atoms with van der Waals surface area (Å²) in [6, 6.07) is 13.1. The van der Waals surface area contributed by atoms with E-state index in [0.717, 1.165) is 34.8 Å². The molecule has 3 heterocycles. The molecule has 0 fully saturated rings. The van der Waals surface area contributed by atoms with Crippen LogP contribution in [0.2, 0.25) is 5.02 Å². The van der Waals surface area contributed by atoms with Crippen LogP contribution in [0.5, 0.6) is 11.5 Å². The maximum Gasteiger partial charge on any atom is 0.254 e. The van der Waals surface area contributed by atoms with Gasteiger partial charge in [0.15, 0.2) is 11.5 Å². The molecular weight excluding hydrogens is 414 g/mol. The molecule has 5 rings (SSSR count). The first-order chi connectivity index (χ1) is 15.1. The molecule has 2 aliphatic heterocycles. The van der Waals surface area contributed by atoms with Crippen LogP contribution in [-0.4, -0.2) is 40.7 Å². The Kier molecular flexibility index (Phi) is 5.24. The Balaban J connectivity index is 1.44. The van der Waals surface area contributed by atoms with Gasteiger partial charge >= 0.3 is 0 Å². The van der Waals surface area contributed by atoms with E-state index in [9.17, 15) is 4.79 Å². The Morgan fingerprint density at radius 3 is 2.61 bits per heavy atom.